The number of nitrogens with one attached hydrogen (secondary N) is 1. The van der Waals surface area contributed by atoms with Crippen molar-refractivity contribution >= 4 is 34.1 Å². The van der Waals surface area contributed by atoms with Crippen LogP contribution in [-0.4, -0.2) is 26.4 Å². The van der Waals surface area contributed by atoms with Gasteiger partial charge >= 0.3 is 0 Å². The van der Waals surface area contributed by atoms with Crippen LogP contribution in [0, 0.1) is 5.41 Å². The third-order valence-electron chi connectivity index (χ3n) is 9.46. The quantitative estimate of drug-likeness (QED) is 0.0997. The molecular weight excluding hydrogens is 649 g/mol. The molecule has 0 atom stereocenters. The zero-order chi connectivity index (χ0) is 35.6. The Bertz CT molecular complexity index is 2610. The van der Waals surface area contributed by atoms with Crippen molar-refractivity contribution in [3.8, 4) is 56.3 Å². The molecule has 0 amide bonds. The molecular formula is C47H33N6+. The van der Waals surface area contributed by atoms with Crippen LogP contribution in [-0.2, 0) is 0 Å². The Labute approximate surface area is 307 Å². The minimum atomic E-state index is 0.362. The van der Waals surface area contributed by atoms with Crippen LogP contribution in [0.1, 0.15) is 11.1 Å². The first-order chi connectivity index (χ1) is 26.2. The van der Waals surface area contributed by atoms with E-state index in [0.717, 1.165) is 78.2 Å². The van der Waals surface area contributed by atoms with Gasteiger partial charge in [-0.1, -0.05) is 145 Å². The van der Waals surface area contributed by atoms with E-state index in [-0.39, 0.29) is 0 Å². The summed E-state index contributed by atoms with van der Waals surface area (Å²) in [7, 11) is 0. The van der Waals surface area contributed by atoms with Crippen molar-refractivity contribution in [2.24, 2.45) is 5.10 Å². The largest absolute Gasteiger partial charge is 0.298 e. The lowest BCUT2D eigenvalue weighted by atomic mass is 9.87. The Morgan fingerprint density at radius 3 is 1.68 bits per heavy atom. The molecule has 8 aromatic rings. The number of nitrogens with two attached hydrogens (primary N) is 1. The molecule has 0 saturated carbocycles. The van der Waals surface area contributed by atoms with Gasteiger partial charge in [0.2, 0.25) is 0 Å². The zero-order valence-electron chi connectivity index (χ0n) is 28.7. The molecule has 250 valence electrons. The number of benzene rings is 6. The highest BCUT2D eigenvalue weighted by atomic mass is 15.3. The van der Waals surface area contributed by atoms with Crippen molar-refractivity contribution in [1.82, 2.24) is 15.0 Å². The lowest BCUT2D eigenvalue weighted by molar-refractivity contribution is -0.577. The van der Waals surface area contributed by atoms with E-state index < -0.39 is 0 Å². The standard InChI is InChI=1S/C47H32N6/c48-40-27-26-38-44(46(40)53-52-37-19-11-4-12-20-37)39-29-36(25-28-41(39)49-45(38)34-15-7-2-8-16-34)31-21-23-33(24-22-31)43-30-42(32-13-5-1-6-14-32)50-47(51-43)35-17-9-3-10-18-35/h1-30,48,52H/p+1. The Morgan fingerprint density at radius 2 is 1.02 bits per heavy atom. The normalized spacial score (nSPS) is 13.0. The Hall–Kier alpha value is -7.15. The summed E-state index contributed by atoms with van der Waals surface area (Å²) in [6.07, 6.45) is 3.83. The number of pyridine rings is 1. The highest BCUT2D eigenvalue weighted by molar-refractivity contribution is 6.55. The van der Waals surface area contributed by atoms with Crippen molar-refractivity contribution < 1.29 is 5.43 Å². The number of quaternary nitrogens is 1. The molecule has 0 aliphatic heterocycles. The molecule has 0 spiro atoms. The second kappa shape index (κ2) is 13.9. The van der Waals surface area contributed by atoms with E-state index in [2.05, 4.69) is 72.8 Å². The highest BCUT2D eigenvalue weighted by Gasteiger charge is 2.26. The Kier molecular flexibility index (Phi) is 8.32. The highest BCUT2D eigenvalue weighted by Crippen LogP contribution is 2.36. The predicted molar refractivity (Wildman–Crippen MR) is 216 cm³/mol. The van der Waals surface area contributed by atoms with Gasteiger partial charge in [0.15, 0.2) is 17.2 Å². The number of allylic oxidation sites excluding steroid dienone is 1. The van der Waals surface area contributed by atoms with E-state index in [4.69, 9.17) is 25.5 Å². The monoisotopic (exact) mass is 681 g/mol. The van der Waals surface area contributed by atoms with Crippen molar-refractivity contribution in [1.29, 1.82) is 5.41 Å². The summed E-state index contributed by atoms with van der Waals surface area (Å²) in [4.78, 5) is 15.2. The number of hydrogen-bond acceptors (Lipinski definition) is 5. The van der Waals surface area contributed by atoms with Gasteiger partial charge in [-0.05, 0) is 41.5 Å². The number of hydrogen-bond donors (Lipinski definition) is 2. The average molecular weight is 682 g/mol. The van der Waals surface area contributed by atoms with Crippen LogP contribution in [0.2, 0.25) is 0 Å². The minimum Gasteiger partial charge on any atom is -0.298 e. The third kappa shape index (κ3) is 6.35. The molecule has 1 aliphatic rings. The summed E-state index contributed by atoms with van der Waals surface area (Å²) in [5.74, 6) is 0.689. The van der Waals surface area contributed by atoms with E-state index in [9.17, 15) is 0 Å². The van der Waals surface area contributed by atoms with Crippen LogP contribution in [0.5, 0.6) is 0 Å². The van der Waals surface area contributed by atoms with E-state index in [0.29, 0.717) is 17.2 Å². The summed E-state index contributed by atoms with van der Waals surface area (Å²) in [5.41, 5.74) is 15.3. The van der Waals surface area contributed by atoms with Crippen LogP contribution >= 0.6 is 0 Å². The molecule has 0 bridgehead atoms. The summed E-state index contributed by atoms with van der Waals surface area (Å²) in [6.45, 7) is 0. The zero-order valence-corrected chi connectivity index (χ0v) is 28.7. The van der Waals surface area contributed by atoms with Gasteiger partial charge in [0.05, 0.1) is 28.3 Å². The minimum absolute atomic E-state index is 0.362. The van der Waals surface area contributed by atoms with E-state index in [1.54, 1.807) is 0 Å². The molecule has 53 heavy (non-hydrogen) atoms. The van der Waals surface area contributed by atoms with E-state index in [1.165, 1.54) is 0 Å². The summed E-state index contributed by atoms with van der Waals surface area (Å²) >= 11 is 0. The first-order valence-corrected chi connectivity index (χ1v) is 17.6. The number of fused-ring (bicyclic) bond motifs is 3. The van der Waals surface area contributed by atoms with Crippen LogP contribution in [0.15, 0.2) is 181 Å². The smallest absolute Gasteiger partial charge is 0.160 e. The second-order valence-corrected chi connectivity index (χ2v) is 12.9. The van der Waals surface area contributed by atoms with Gasteiger partial charge in [0.25, 0.3) is 0 Å². The molecule has 2 heterocycles. The van der Waals surface area contributed by atoms with Crippen molar-refractivity contribution in [2.75, 3.05) is 0 Å². The fraction of sp³-hybridized carbons (Fsp3) is 0. The molecule has 3 N–H and O–H groups in total. The topological polar surface area (TPSA) is 91.5 Å². The van der Waals surface area contributed by atoms with Crippen molar-refractivity contribution in [3.63, 3.8) is 0 Å². The van der Waals surface area contributed by atoms with Crippen molar-refractivity contribution in [3.05, 3.63) is 187 Å². The average Bonchev–Trinajstić information content (AvgIpc) is 3.24. The summed E-state index contributed by atoms with van der Waals surface area (Å²) in [5, 5.41) is 14.9. The Balaban J connectivity index is 1.15. The van der Waals surface area contributed by atoms with Gasteiger partial charge in [0, 0.05) is 50.9 Å². The van der Waals surface area contributed by atoms with Crippen LogP contribution < -0.4 is 5.43 Å². The van der Waals surface area contributed by atoms with Crippen LogP contribution in [0.4, 0.5) is 5.69 Å². The Morgan fingerprint density at radius 1 is 0.472 bits per heavy atom. The predicted octanol–water partition coefficient (Wildman–Crippen LogP) is 10.0. The van der Waals surface area contributed by atoms with Gasteiger partial charge in [-0.25, -0.2) is 15.0 Å². The van der Waals surface area contributed by atoms with Gasteiger partial charge in [-0.15, -0.1) is 0 Å². The fourth-order valence-electron chi connectivity index (χ4n) is 6.79. The molecule has 1 aliphatic carbocycles. The second-order valence-electron chi connectivity index (χ2n) is 12.9. The van der Waals surface area contributed by atoms with E-state index >= 15 is 0 Å². The maximum Gasteiger partial charge on any atom is 0.160 e. The van der Waals surface area contributed by atoms with Gasteiger partial charge in [0.1, 0.15) is 0 Å². The summed E-state index contributed by atoms with van der Waals surface area (Å²) in [6, 6.07) is 57.5. The maximum absolute atomic E-state index is 8.99. The molecule has 9 rings (SSSR count). The van der Waals surface area contributed by atoms with Crippen LogP contribution in [0.3, 0.4) is 0 Å². The lowest BCUT2D eigenvalue weighted by Crippen LogP contribution is -2.72. The fourth-order valence-corrected chi connectivity index (χ4v) is 6.79. The first kappa shape index (κ1) is 31.8. The number of nitrogens with zero attached hydrogens (tertiary/aromatic N) is 4. The van der Waals surface area contributed by atoms with E-state index in [1.807, 2.05) is 115 Å². The van der Waals surface area contributed by atoms with Gasteiger partial charge in [-0.2, -0.15) is 5.43 Å². The molecule has 0 saturated heterocycles. The molecule has 2 aromatic heterocycles. The first-order valence-electron chi connectivity index (χ1n) is 17.6. The van der Waals surface area contributed by atoms with Crippen LogP contribution in [0.25, 0.3) is 73.3 Å². The molecule has 0 unspecified atom stereocenters. The molecule has 6 aromatic carbocycles. The summed E-state index contributed by atoms with van der Waals surface area (Å²) < 4.78 is 0. The number of aromatic nitrogens is 3. The SMILES string of the molecule is N=C1C=Cc2c(-c3ccccc3)nc3ccc(-c4ccc(-c5cc(-c6ccccc6)nc(-c6ccccc6)n5)cc4)cc3c2C1=N[NH2+]c1ccccc1. The lowest BCUT2D eigenvalue weighted by Gasteiger charge is -2.19. The molecule has 6 heteroatoms. The number of rotatable bonds is 7. The van der Waals surface area contributed by atoms with Gasteiger partial charge < -0.3 is 0 Å². The maximum atomic E-state index is 8.99. The van der Waals surface area contributed by atoms with Gasteiger partial charge in [-0.3, -0.25) is 5.41 Å². The third-order valence-corrected chi connectivity index (χ3v) is 9.46. The molecule has 0 radical (unpaired) electrons. The van der Waals surface area contributed by atoms with Crippen molar-refractivity contribution in [2.45, 2.75) is 0 Å². The molecule has 6 nitrogen and oxygen atoms in total. The molecule has 0 fully saturated rings.